The van der Waals surface area contributed by atoms with Crippen LogP contribution in [0.3, 0.4) is 0 Å². The van der Waals surface area contributed by atoms with Crippen LogP contribution in [-0.2, 0) is 14.4 Å². The second-order valence-electron chi connectivity index (χ2n) is 3.08. The van der Waals surface area contributed by atoms with Crippen molar-refractivity contribution in [3.63, 3.8) is 0 Å². The van der Waals surface area contributed by atoms with E-state index in [9.17, 15) is 9.59 Å². The summed E-state index contributed by atoms with van der Waals surface area (Å²) in [5.74, 6) is 2.73. The highest BCUT2D eigenvalue weighted by molar-refractivity contribution is 5.72. The zero-order chi connectivity index (χ0) is 11.7. The Morgan fingerprint density at radius 2 is 1.67 bits per heavy atom. The lowest BCUT2D eigenvalue weighted by Crippen LogP contribution is -2.35. The molecule has 0 unspecified atom stereocenters. The molecule has 7 nitrogen and oxygen atoms in total. The zero-order valence-electron chi connectivity index (χ0n) is 8.39. The van der Waals surface area contributed by atoms with Gasteiger partial charge in [0.2, 0.25) is 0 Å². The smallest absolute Gasteiger partial charge is 0.317 e. The third-order valence-electron chi connectivity index (χ3n) is 1.70. The predicted octanol–water partition coefficient (Wildman–Crippen LogP) is -0.872. The molecule has 0 aromatic carbocycles. The molecule has 7 heteroatoms. The first-order chi connectivity index (χ1) is 7.06. The molecule has 0 saturated heterocycles. The lowest BCUT2D eigenvalue weighted by atomic mass is 10.3. The van der Waals surface area contributed by atoms with Crippen molar-refractivity contribution in [3.8, 4) is 0 Å². The summed E-state index contributed by atoms with van der Waals surface area (Å²) in [7, 11) is 0. The third-order valence-corrected chi connectivity index (χ3v) is 1.70. The van der Waals surface area contributed by atoms with Crippen LogP contribution in [0.1, 0.15) is 12.8 Å². The van der Waals surface area contributed by atoms with Crippen molar-refractivity contribution in [2.45, 2.75) is 12.8 Å². The van der Waals surface area contributed by atoms with Crippen molar-refractivity contribution < 1.29 is 24.6 Å². The fourth-order valence-electron chi connectivity index (χ4n) is 1.12. The molecule has 0 atom stereocenters. The normalized spacial score (nSPS) is 10.5. The van der Waals surface area contributed by atoms with Gasteiger partial charge in [0, 0.05) is 0 Å². The van der Waals surface area contributed by atoms with E-state index in [2.05, 4.69) is 4.84 Å². The highest BCUT2D eigenvalue weighted by Crippen LogP contribution is 1.95. The van der Waals surface area contributed by atoms with E-state index in [1.807, 2.05) is 0 Å². The van der Waals surface area contributed by atoms with Gasteiger partial charge in [-0.2, -0.15) is 0 Å². The largest absolute Gasteiger partial charge is 0.480 e. The number of carbonyl (C=O) groups is 2. The minimum atomic E-state index is -1.04. The maximum atomic E-state index is 10.4. The molecule has 0 amide bonds. The molecule has 0 heterocycles. The topological polar surface area (TPSA) is 113 Å². The van der Waals surface area contributed by atoms with Gasteiger partial charge in [-0.05, 0) is 19.4 Å². The van der Waals surface area contributed by atoms with Crippen molar-refractivity contribution in [2.24, 2.45) is 5.90 Å². The van der Waals surface area contributed by atoms with Gasteiger partial charge in [0.05, 0.1) is 19.7 Å². The summed E-state index contributed by atoms with van der Waals surface area (Å²) in [6, 6.07) is 0. The fraction of sp³-hybridized carbons (Fsp3) is 0.750. The molecule has 88 valence electrons. The Morgan fingerprint density at radius 3 is 2.07 bits per heavy atom. The SMILES string of the molecule is NOCCCCN(CC(=O)O)CC(=O)O. The molecule has 0 aromatic rings. The summed E-state index contributed by atoms with van der Waals surface area (Å²) in [6.07, 6.45) is 1.32. The number of nitrogens with zero attached hydrogens (tertiary/aromatic N) is 1. The molecule has 4 N–H and O–H groups in total. The Bertz CT molecular complexity index is 193. The third kappa shape index (κ3) is 9.13. The first-order valence-corrected chi connectivity index (χ1v) is 4.54. The van der Waals surface area contributed by atoms with Crippen molar-refractivity contribution in [1.29, 1.82) is 0 Å². The van der Waals surface area contributed by atoms with Gasteiger partial charge in [0.1, 0.15) is 0 Å². The second kappa shape index (κ2) is 8.16. The van der Waals surface area contributed by atoms with E-state index in [-0.39, 0.29) is 13.1 Å². The van der Waals surface area contributed by atoms with Gasteiger partial charge in [-0.25, -0.2) is 5.90 Å². The molecule has 0 rings (SSSR count). The molecule has 0 fully saturated rings. The van der Waals surface area contributed by atoms with Crippen molar-refractivity contribution in [2.75, 3.05) is 26.2 Å². The minimum absolute atomic E-state index is 0.268. The Morgan fingerprint density at radius 1 is 1.13 bits per heavy atom. The highest BCUT2D eigenvalue weighted by atomic mass is 16.6. The predicted molar refractivity (Wildman–Crippen MR) is 51.1 cm³/mol. The van der Waals surface area contributed by atoms with Crippen molar-refractivity contribution in [1.82, 2.24) is 4.90 Å². The summed E-state index contributed by atoms with van der Waals surface area (Å²) in [5.41, 5.74) is 0. The Hall–Kier alpha value is -1.18. The van der Waals surface area contributed by atoms with E-state index < -0.39 is 11.9 Å². The number of nitrogens with two attached hydrogens (primary N) is 1. The van der Waals surface area contributed by atoms with E-state index >= 15 is 0 Å². The highest BCUT2D eigenvalue weighted by Gasteiger charge is 2.12. The molecule has 0 aliphatic carbocycles. The quantitative estimate of drug-likeness (QED) is 0.342. The molecule has 0 bridgehead atoms. The standard InChI is InChI=1S/C8H16N2O5/c9-15-4-2-1-3-10(5-7(11)12)6-8(13)14/h1-6,9H2,(H,11,12)(H,13,14). The van der Waals surface area contributed by atoms with Gasteiger partial charge in [0.25, 0.3) is 0 Å². The minimum Gasteiger partial charge on any atom is -0.480 e. The molecule has 0 aromatic heterocycles. The summed E-state index contributed by atoms with van der Waals surface area (Å²) < 4.78 is 0. The van der Waals surface area contributed by atoms with Gasteiger partial charge in [-0.1, -0.05) is 0 Å². The van der Waals surface area contributed by atoms with Crippen molar-refractivity contribution >= 4 is 11.9 Å². The number of aliphatic carboxylic acids is 2. The average Bonchev–Trinajstić information content (AvgIpc) is 2.10. The van der Waals surface area contributed by atoms with E-state index in [0.29, 0.717) is 26.0 Å². The first-order valence-electron chi connectivity index (χ1n) is 4.54. The number of carboxylic acids is 2. The Kier molecular flexibility index (Phi) is 7.51. The summed E-state index contributed by atoms with van der Waals surface area (Å²) in [4.78, 5) is 26.5. The van der Waals surface area contributed by atoms with Crippen LogP contribution >= 0.6 is 0 Å². The van der Waals surface area contributed by atoms with Crippen LogP contribution in [-0.4, -0.2) is 53.3 Å². The molecule has 0 aliphatic rings. The molecular formula is C8H16N2O5. The van der Waals surface area contributed by atoms with Crippen LogP contribution in [0, 0.1) is 0 Å². The molecule has 0 saturated carbocycles. The van der Waals surface area contributed by atoms with Crippen LogP contribution in [0.4, 0.5) is 0 Å². The molecule has 0 aliphatic heterocycles. The van der Waals surface area contributed by atoms with E-state index in [4.69, 9.17) is 16.1 Å². The van der Waals surface area contributed by atoms with E-state index in [1.165, 1.54) is 4.90 Å². The van der Waals surface area contributed by atoms with Gasteiger partial charge < -0.3 is 15.1 Å². The van der Waals surface area contributed by atoms with Crippen LogP contribution in [0.2, 0.25) is 0 Å². The number of rotatable bonds is 9. The van der Waals surface area contributed by atoms with Crippen LogP contribution in [0.5, 0.6) is 0 Å². The van der Waals surface area contributed by atoms with Crippen molar-refractivity contribution in [3.05, 3.63) is 0 Å². The van der Waals surface area contributed by atoms with Gasteiger partial charge in [0.15, 0.2) is 0 Å². The zero-order valence-corrected chi connectivity index (χ0v) is 8.39. The van der Waals surface area contributed by atoms with E-state index in [0.717, 1.165) is 0 Å². The molecule has 15 heavy (non-hydrogen) atoms. The van der Waals surface area contributed by atoms with Gasteiger partial charge in [-0.3, -0.25) is 14.5 Å². The van der Waals surface area contributed by atoms with E-state index in [1.54, 1.807) is 0 Å². The summed E-state index contributed by atoms with van der Waals surface area (Å²) in [5, 5.41) is 17.0. The second-order valence-corrected chi connectivity index (χ2v) is 3.08. The maximum absolute atomic E-state index is 10.4. The monoisotopic (exact) mass is 220 g/mol. The fourth-order valence-corrected chi connectivity index (χ4v) is 1.12. The lowest BCUT2D eigenvalue weighted by molar-refractivity contribution is -0.141. The maximum Gasteiger partial charge on any atom is 0.317 e. The first kappa shape index (κ1) is 13.8. The number of unbranched alkanes of at least 4 members (excludes halogenated alkanes) is 1. The van der Waals surface area contributed by atoms with Crippen LogP contribution < -0.4 is 5.90 Å². The number of carboxylic acid groups (broad SMARTS) is 2. The number of hydrogen-bond donors (Lipinski definition) is 3. The van der Waals surface area contributed by atoms with Crippen LogP contribution in [0.15, 0.2) is 0 Å². The molecule has 0 spiro atoms. The van der Waals surface area contributed by atoms with Gasteiger partial charge >= 0.3 is 11.9 Å². The van der Waals surface area contributed by atoms with Gasteiger partial charge in [-0.15, -0.1) is 0 Å². The Labute approximate surface area is 87.4 Å². The number of hydrogen-bond acceptors (Lipinski definition) is 5. The average molecular weight is 220 g/mol. The summed E-state index contributed by atoms with van der Waals surface area (Å²) in [6.45, 7) is 0.251. The molecule has 0 radical (unpaired) electrons. The Balaban J connectivity index is 3.79. The van der Waals surface area contributed by atoms with Crippen LogP contribution in [0.25, 0.3) is 0 Å². The summed E-state index contributed by atoms with van der Waals surface area (Å²) >= 11 is 0. The molecular weight excluding hydrogens is 204 g/mol. The lowest BCUT2D eigenvalue weighted by Gasteiger charge is -2.17.